The summed E-state index contributed by atoms with van der Waals surface area (Å²) in [6, 6.07) is 6.36. The number of methoxy groups -OCH3 is 2. The van der Waals surface area contributed by atoms with Gasteiger partial charge >= 0.3 is 0 Å². The molecule has 0 amide bonds. The van der Waals surface area contributed by atoms with Crippen molar-refractivity contribution in [1.82, 2.24) is 10.6 Å². The van der Waals surface area contributed by atoms with Gasteiger partial charge < -0.3 is 20.1 Å². The van der Waals surface area contributed by atoms with Gasteiger partial charge in [0.15, 0.2) is 0 Å². The molecule has 4 rings (SSSR count). The first-order valence-corrected chi connectivity index (χ1v) is 8.74. The Morgan fingerprint density at radius 2 is 1.46 bits per heavy atom. The molecule has 2 aromatic carbocycles. The lowest BCUT2D eigenvalue weighted by atomic mass is 10.00. The van der Waals surface area contributed by atoms with Crippen LogP contribution in [0.25, 0.3) is 0 Å². The molecule has 0 spiro atoms. The summed E-state index contributed by atoms with van der Waals surface area (Å²) in [5.74, 6) is 0.909. The van der Waals surface area contributed by atoms with Gasteiger partial charge in [0.1, 0.15) is 23.1 Å². The Kier molecular flexibility index (Phi) is 6.06. The van der Waals surface area contributed by atoms with Crippen molar-refractivity contribution in [1.29, 1.82) is 0 Å². The van der Waals surface area contributed by atoms with Gasteiger partial charge in [-0.2, -0.15) is 0 Å². The second kappa shape index (κ2) is 8.47. The number of hydrogen-bond donors (Lipinski definition) is 2. The first kappa shape index (κ1) is 18.6. The van der Waals surface area contributed by atoms with Crippen molar-refractivity contribution in [3.05, 3.63) is 58.2 Å². The topological polar surface area (TPSA) is 42.5 Å². The standard InChI is InChI=1S/2C10H12FNO/c1-13-8-4-7-6-12-3-2-9(7)10(11)5-8;1-13-10-5-8(11)4-7-6-12-3-2-9(7)10/h2*4-5,12H,2-3,6H2,1H3. The van der Waals surface area contributed by atoms with Gasteiger partial charge in [0, 0.05) is 30.8 Å². The van der Waals surface area contributed by atoms with Crippen LogP contribution >= 0.6 is 0 Å². The van der Waals surface area contributed by atoms with Crippen molar-refractivity contribution in [2.24, 2.45) is 0 Å². The third-order valence-corrected chi connectivity index (χ3v) is 4.72. The van der Waals surface area contributed by atoms with E-state index in [9.17, 15) is 8.78 Å². The lowest BCUT2D eigenvalue weighted by Crippen LogP contribution is -2.24. The van der Waals surface area contributed by atoms with E-state index in [0.29, 0.717) is 11.5 Å². The van der Waals surface area contributed by atoms with E-state index in [0.717, 1.165) is 61.3 Å². The molecule has 0 saturated heterocycles. The molecule has 26 heavy (non-hydrogen) atoms. The summed E-state index contributed by atoms with van der Waals surface area (Å²) in [5, 5.41) is 6.39. The highest BCUT2D eigenvalue weighted by atomic mass is 19.1. The van der Waals surface area contributed by atoms with E-state index in [1.807, 2.05) is 6.07 Å². The van der Waals surface area contributed by atoms with Gasteiger partial charge in [0.2, 0.25) is 0 Å². The van der Waals surface area contributed by atoms with E-state index in [1.165, 1.54) is 12.1 Å². The normalized spacial score (nSPS) is 15.2. The number of nitrogens with one attached hydrogen (secondary N) is 2. The van der Waals surface area contributed by atoms with Crippen molar-refractivity contribution in [2.45, 2.75) is 25.9 Å². The van der Waals surface area contributed by atoms with Gasteiger partial charge in [0.05, 0.1) is 14.2 Å². The molecule has 4 nitrogen and oxygen atoms in total. The quantitative estimate of drug-likeness (QED) is 0.862. The van der Waals surface area contributed by atoms with E-state index in [4.69, 9.17) is 9.47 Å². The van der Waals surface area contributed by atoms with Crippen LogP contribution in [0.3, 0.4) is 0 Å². The zero-order chi connectivity index (χ0) is 18.5. The predicted octanol–water partition coefficient (Wildman–Crippen LogP) is 2.96. The molecular formula is C20H24F2N2O2. The van der Waals surface area contributed by atoms with Crippen molar-refractivity contribution in [3.8, 4) is 11.5 Å². The van der Waals surface area contributed by atoms with Crippen LogP contribution in [0.5, 0.6) is 11.5 Å². The maximum atomic E-state index is 13.4. The number of fused-ring (bicyclic) bond motifs is 2. The van der Waals surface area contributed by atoms with Crippen LogP contribution in [0.15, 0.2) is 24.3 Å². The molecule has 0 bridgehead atoms. The molecule has 2 aliphatic rings. The molecule has 140 valence electrons. The van der Waals surface area contributed by atoms with Gasteiger partial charge in [-0.3, -0.25) is 0 Å². The minimum atomic E-state index is -0.223. The SMILES string of the molecule is COc1cc(F)c2c(c1)CNCC2.COc1cc(F)cc2c1CCNC2. The minimum absolute atomic E-state index is 0.143. The van der Waals surface area contributed by atoms with E-state index < -0.39 is 0 Å². The van der Waals surface area contributed by atoms with Crippen molar-refractivity contribution in [3.63, 3.8) is 0 Å². The fourth-order valence-electron chi connectivity index (χ4n) is 3.38. The Morgan fingerprint density at radius 3 is 2.12 bits per heavy atom. The van der Waals surface area contributed by atoms with Crippen LogP contribution in [0, 0.1) is 11.6 Å². The monoisotopic (exact) mass is 362 g/mol. The Balaban J connectivity index is 0.000000151. The molecule has 2 heterocycles. The third-order valence-electron chi connectivity index (χ3n) is 4.72. The molecular weight excluding hydrogens is 338 g/mol. The molecule has 0 aliphatic carbocycles. The Bertz CT molecular complexity index is 762. The fourth-order valence-corrected chi connectivity index (χ4v) is 3.38. The number of rotatable bonds is 2. The summed E-state index contributed by atoms with van der Waals surface area (Å²) < 4.78 is 36.6. The van der Waals surface area contributed by atoms with Crippen molar-refractivity contribution < 1.29 is 18.3 Å². The van der Waals surface area contributed by atoms with Gasteiger partial charge in [-0.1, -0.05) is 0 Å². The summed E-state index contributed by atoms with van der Waals surface area (Å²) in [4.78, 5) is 0. The van der Waals surface area contributed by atoms with Crippen LogP contribution in [-0.4, -0.2) is 27.3 Å². The summed E-state index contributed by atoms with van der Waals surface area (Å²) >= 11 is 0. The number of ether oxygens (including phenoxy) is 2. The molecule has 2 aromatic rings. The highest BCUT2D eigenvalue weighted by Crippen LogP contribution is 2.26. The van der Waals surface area contributed by atoms with Gasteiger partial charge in [0.25, 0.3) is 0 Å². The van der Waals surface area contributed by atoms with Crippen molar-refractivity contribution in [2.75, 3.05) is 27.3 Å². The molecule has 0 atom stereocenters. The van der Waals surface area contributed by atoms with Gasteiger partial charge in [-0.25, -0.2) is 8.78 Å². The minimum Gasteiger partial charge on any atom is -0.497 e. The number of benzene rings is 2. The van der Waals surface area contributed by atoms with Crippen molar-refractivity contribution >= 4 is 0 Å². The van der Waals surface area contributed by atoms with Crippen LogP contribution < -0.4 is 20.1 Å². The maximum absolute atomic E-state index is 13.4. The lowest BCUT2D eigenvalue weighted by molar-refractivity contribution is 0.402. The summed E-state index contributed by atoms with van der Waals surface area (Å²) in [6.07, 6.45) is 1.68. The lowest BCUT2D eigenvalue weighted by Gasteiger charge is -2.19. The number of hydrogen-bond acceptors (Lipinski definition) is 4. The highest BCUT2D eigenvalue weighted by Gasteiger charge is 2.15. The Morgan fingerprint density at radius 1 is 0.808 bits per heavy atom. The fraction of sp³-hybridized carbons (Fsp3) is 0.400. The smallest absolute Gasteiger partial charge is 0.130 e. The molecule has 6 heteroatoms. The Hall–Kier alpha value is -2.18. The van der Waals surface area contributed by atoms with Crippen LogP contribution in [0.4, 0.5) is 8.78 Å². The molecule has 0 fully saturated rings. The van der Waals surface area contributed by atoms with Crippen LogP contribution in [-0.2, 0) is 25.9 Å². The zero-order valence-corrected chi connectivity index (χ0v) is 15.1. The molecule has 0 unspecified atom stereocenters. The molecule has 0 aromatic heterocycles. The third kappa shape index (κ3) is 4.14. The molecule has 2 N–H and O–H groups in total. The Labute approximate surface area is 152 Å². The molecule has 0 radical (unpaired) electrons. The van der Waals surface area contributed by atoms with E-state index >= 15 is 0 Å². The van der Waals surface area contributed by atoms with E-state index in [1.54, 1.807) is 20.3 Å². The first-order chi connectivity index (χ1) is 12.6. The average molecular weight is 362 g/mol. The van der Waals surface area contributed by atoms with E-state index in [-0.39, 0.29) is 11.6 Å². The highest BCUT2D eigenvalue weighted by molar-refractivity contribution is 5.42. The zero-order valence-electron chi connectivity index (χ0n) is 15.1. The number of halogens is 2. The summed E-state index contributed by atoms with van der Waals surface area (Å²) in [7, 11) is 3.13. The van der Waals surface area contributed by atoms with E-state index in [2.05, 4.69) is 10.6 Å². The largest absolute Gasteiger partial charge is 0.497 e. The van der Waals surface area contributed by atoms with Crippen LogP contribution in [0.1, 0.15) is 22.3 Å². The van der Waals surface area contributed by atoms with Gasteiger partial charge in [-0.05, 0) is 54.8 Å². The predicted molar refractivity (Wildman–Crippen MR) is 96.7 cm³/mol. The average Bonchev–Trinajstić information content (AvgIpc) is 2.67. The second-order valence-corrected chi connectivity index (χ2v) is 6.35. The van der Waals surface area contributed by atoms with Gasteiger partial charge in [-0.15, -0.1) is 0 Å². The van der Waals surface area contributed by atoms with Crippen LogP contribution in [0.2, 0.25) is 0 Å². The second-order valence-electron chi connectivity index (χ2n) is 6.35. The maximum Gasteiger partial charge on any atom is 0.130 e. The first-order valence-electron chi connectivity index (χ1n) is 8.74. The molecule has 2 aliphatic heterocycles. The summed E-state index contributed by atoms with van der Waals surface area (Å²) in [5.41, 5.74) is 4.01. The molecule has 0 saturated carbocycles. The summed E-state index contributed by atoms with van der Waals surface area (Å²) in [6.45, 7) is 3.28.